The number of likely N-dealkylation sites (N-methyl/N-ethyl adjacent to an activating group) is 1. The molecule has 0 spiro atoms. The van der Waals surface area contributed by atoms with Crippen molar-refractivity contribution in [1.29, 1.82) is 0 Å². The molecule has 0 bridgehead atoms. The molecule has 0 saturated heterocycles. The van der Waals surface area contributed by atoms with E-state index in [4.69, 9.17) is 14.3 Å². The standard InChI is InChI=1S/C33H32N2O5/c1-4-35(32(36)25-16-10-6-11-17-25)21-20-27-22-29(38-2)30(39-3)23-28(27)31(24-14-8-5-9-15-24)34-40-33(37)26-18-12-7-13-19-26/h5-19,22-23H,4,20-21H2,1-3H3/b34-31-. The second-order valence-corrected chi connectivity index (χ2v) is 8.92. The van der Waals surface area contributed by atoms with E-state index in [1.807, 2.05) is 85.8 Å². The Hall–Kier alpha value is -4.91. The van der Waals surface area contributed by atoms with Crippen LogP contribution in [0.3, 0.4) is 0 Å². The maximum absolute atomic E-state index is 13.2. The van der Waals surface area contributed by atoms with Gasteiger partial charge in [0.15, 0.2) is 11.5 Å². The van der Waals surface area contributed by atoms with E-state index in [2.05, 4.69) is 5.16 Å². The van der Waals surface area contributed by atoms with Crippen molar-refractivity contribution in [3.8, 4) is 11.5 Å². The van der Waals surface area contributed by atoms with Gasteiger partial charge in [-0.2, -0.15) is 0 Å². The number of rotatable bonds is 11. The predicted molar refractivity (Wildman–Crippen MR) is 155 cm³/mol. The highest BCUT2D eigenvalue weighted by molar-refractivity contribution is 6.14. The first-order valence-electron chi connectivity index (χ1n) is 13.0. The van der Waals surface area contributed by atoms with E-state index >= 15 is 0 Å². The normalized spacial score (nSPS) is 11.0. The fraction of sp³-hybridized carbons (Fsp3) is 0.182. The van der Waals surface area contributed by atoms with Gasteiger partial charge in [-0.25, -0.2) is 4.79 Å². The van der Waals surface area contributed by atoms with Crippen molar-refractivity contribution in [2.45, 2.75) is 13.3 Å². The van der Waals surface area contributed by atoms with Gasteiger partial charge < -0.3 is 19.2 Å². The van der Waals surface area contributed by atoms with Crippen LogP contribution in [0.1, 0.15) is 44.3 Å². The van der Waals surface area contributed by atoms with Gasteiger partial charge >= 0.3 is 5.97 Å². The van der Waals surface area contributed by atoms with Crippen LogP contribution in [0.5, 0.6) is 11.5 Å². The zero-order chi connectivity index (χ0) is 28.3. The average molecular weight is 537 g/mol. The van der Waals surface area contributed by atoms with Gasteiger partial charge in [0.2, 0.25) is 0 Å². The highest BCUT2D eigenvalue weighted by atomic mass is 16.7. The molecular formula is C33H32N2O5. The molecule has 0 radical (unpaired) electrons. The van der Waals surface area contributed by atoms with Crippen LogP contribution in [0.4, 0.5) is 0 Å². The van der Waals surface area contributed by atoms with Gasteiger partial charge in [-0.15, -0.1) is 0 Å². The Bertz CT molecular complexity index is 1450. The summed E-state index contributed by atoms with van der Waals surface area (Å²) < 4.78 is 11.2. The van der Waals surface area contributed by atoms with Crippen molar-refractivity contribution in [3.63, 3.8) is 0 Å². The lowest BCUT2D eigenvalue weighted by Gasteiger charge is -2.23. The summed E-state index contributed by atoms with van der Waals surface area (Å²) in [5.41, 5.74) is 3.80. The van der Waals surface area contributed by atoms with Crippen LogP contribution in [-0.2, 0) is 11.3 Å². The summed E-state index contributed by atoms with van der Waals surface area (Å²) in [6.07, 6.45) is 0.501. The lowest BCUT2D eigenvalue weighted by Crippen LogP contribution is -2.33. The molecule has 4 aromatic carbocycles. The summed E-state index contributed by atoms with van der Waals surface area (Å²) in [4.78, 5) is 33.2. The van der Waals surface area contributed by atoms with Gasteiger partial charge in [0, 0.05) is 29.8 Å². The van der Waals surface area contributed by atoms with Gasteiger partial charge in [0.05, 0.1) is 19.8 Å². The fourth-order valence-corrected chi connectivity index (χ4v) is 4.34. The van der Waals surface area contributed by atoms with Crippen LogP contribution in [0.2, 0.25) is 0 Å². The molecule has 40 heavy (non-hydrogen) atoms. The van der Waals surface area contributed by atoms with Crippen molar-refractivity contribution >= 4 is 17.6 Å². The van der Waals surface area contributed by atoms with Gasteiger partial charge in [-0.3, -0.25) is 4.79 Å². The van der Waals surface area contributed by atoms with Gasteiger partial charge in [-0.1, -0.05) is 71.9 Å². The summed E-state index contributed by atoms with van der Waals surface area (Å²) in [7, 11) is 3.14. The number of nitrogens with zero attached hydrogens (tertiary/aromatic N) is 2. The minimum absolute atomic E-state index is 0.0427. The topological polar surface area (TPSA) is 77.4 Å². The van der Waals surface area contributed by atoms with Crippen LogP contribution >= 0.6 is 0 Å². The molecule has 0 atom stereocenters. The Morgan fingerprint density at radius 2 is 1.25 bits per heavy atom. The zero-order valence-electron chi connectivity index (χ0n) is 22.9. The highest BCUT2D eigenvalue weighted by Crippen LogP contribution is 2.32. The third kappa shape index (κ3) is 6.74. The number of benzene rings is 4. The first-order chi connectivity index (χ1) is 19.5. The van der Waals surface area contributed by atoms with Gasteiger partial charge in [-0.05, 0) is 55.3 Å². The van der Waals surface area contributed by atoms with Crippen molar-refractivity contribution in [1.82, 2.24) is 4.90 Å². The smallest absolute Gasteiger partial charge is 0.365 e. The zero-order valence-corrected chi connectivity index (χ0v) is 22.9. The molecule has 0 N–H and O–H groups in total. The first kappa shape index (κ1) is 28.1. The lowest BCUT2D eigenvalue weighted by atomic mass is 9.95. The number of carbonyl (C=O) groups excluding carboxylic acids is 2. The molecular weight excluding hydrogens is 504 g/mol. The second kappa shape index (κ2) is 13.8. The van der Waals surface area contributed by atoms with E-state index in [1.165, 1.54) is 0 Å². The van der Waals surface area contributed by atoms with E-state index in [9.17, 15) is 9.59 Å². The molecule has 0 aliphatic carbocycles. The largest absolute Gasteiger partial charge is 0.493 e. The van der Waals surface area contributed by atoms with Gasteiger partial charge in [0.1, 0.15) is 5.71 Å². The molecule has 7 nitrogen and oxygen atoms in total. The lowest BCUT2D eigenvalue weighted by molar-refractivity contribution is 0.0516. The SMILES string of the molecule is CCN(CCc1cc(OC)c(OC)cc1/C(=N\OC(=O)c1ccccc1)c1ccccc1)C(=O)c1ccccc1. The highest BCUT2D eigenvalue weighted by Gasteiger charge is 2.21. The van der Waals surface area contributed by atoms with Gasteiger partial charge in [0.25, 0.3) is 5.91 Å². The Balaban J connectivity index is 1.73. The molecule has 4 aromatic rings. The van der Waals surface area contributed by atoms with E-state index in [-0.39, 0.29) is 5.91 Å². The Labute approximate surface area is 234 Å². The number of ether oxygens (including phenoxy) is 2. The monoisotopic (exact) mass is 536 g/mol. The molecule has 0 unspecified atom stereocenters. The van der Waals surface area contributed by atoms with Crippen LogP contribution in [0, 0.1) is 0 Å². The Morgan fingerprint density at radius 3 is 1.80 bits per heavy atom. The molecule has 0 saturated carbocycles. The fourth-order valence-electron chi connectivity index (χ4n) is 4.34. The average Bonchev–Trinajstić information content (AvgIpc) is 3.02. The summed E-state index contributed by atoms with van der Waals surface area (Å²) in [6, 6.07) is 31.1. The second-order valence-electron chi connectivity index (χ2n) is 8.92. The molecule has 204 valence electrons. The van der Waals surface area contributed by atoms with Crippen LogP contribution in [0.15, 0.2) is 108 Å². The van der Waals surface area contributed by atoms with Crippen molar-refractivity contribution in [2.75, 3.05) is 27.3 Å². The van der Waals surface area contributed by atoms with Crippen molar-refractivity contribution < 1.29 is 23.9 Å². The number of carbonyl (C=O) groups is 2. The molecule has 4 rings (SSSR count). The predicted octanol–water partition coefficient (Wildman–Crippen LogP) is 6.02. The van der Waals surface area contributed by atoms with Crippen LogP contribution < -0.4 is 9.47 Å². The molecule has 0 aromatic heterocycles. The number of oxime groups is 1. The van der Waals surface area contributed by atoms with Crippen LogP contribution in [-0.4, -0.2) is 49.8 Å². The summed E-state index contributed by atoms with van der Waals surface area (Å²) in [5, 5.41) is 4.35. The van der Waals surface area contributed by atoms with Crippen LogP contribution in [0.25, 0.3) is 0 Å². The molecule has 1 amide bonds. The van der Waals surface area contributed by atoms with E-state index < -0.39 is 5.97 Å². The number of hydrogen-bond donors (Lipinski definition) is 0. The molecule has 0 aliphatic rings. The maximum Gasteiger partial charge on any atom is 0.365 e. The van der Waals surface area contributed by atoms with E-state index in [0.717, 1.165) is 11.1 Å². The minimum atomic E-state index is -0.568. The summed E-state index contributed by atoms with van der Waals surface area (Å²) in [5.74, 6) is 0.444. The minimum Gasteiger partial charge on any atom is -0.493 e. The molecule has 0 heterocycles. The van der Waals surface area contributed by atoms with E-state index in [0.29, 0.717) is 53.4 Å². The molecule has 7 heteroatoms. The Kier molecular flexibility index (Phi) is 9.67. The third-order valence-electron chi connectivity index (χ3n) is 6.48. The maximum atomic E-state index is 13.2. The summed E-state index contributed by atoms with van der Waals surface area (Å²) >= 11 is 0. The molecule has 0 fully saturated rings. The van der Waals surface area contributed by atoms with E-state index in [1.54, 1.807) is 43.4 Å². The number of methoxy groups -OCH3 is 2. The first-order valence-corrected chi connectivity index (χ1v) is 13.0. The third-order valence-corrected chi connectivity index (χ3v) is 6.48. The molecule has 0 aliphatic heterocycles. The van der Waals surface area contributed by atoms with Crippen molar-refractivity contribution in [2.24, 2.45) is 5.16 Å². The quantitative estimate of drug-likeness (QED) is 0.133. The Morgan fingerprint density at radius 1 is 0.725 bits per heavy atom. The number of amides is 1. The summed E-state index contributed by atoms with van der Waals surface area (Å²) in [6.45, 7) is 2.96. The van der Waals surface area contributed by atoms with Crippen molar-refractivity contribution in [3.05, 3.63) is 131 Å². The number of hydrogen-bond acceptors (Lipinski definition) is 6.